The highest BCUT2D eigenvalue weighted by molar-refractivity contribution is 6.00. The smallest absolute Gasteiger partial charge is 0.141 e. The highest BCUT2D eigenvalue weighted by Gasteiger charge is 2.49. The first-order valence-electron chi connectivity index (χ1n) is 6.96. The summed E-state index contributed by atoms with van der Waals surface area (Å²) in [5, 5.41) is 0. The van der Waals surface area contributed by atoms with Gasteiger partial charge in [-0.2, -0.15) is 0 Å². The van der Waals surface area contributed by atoms with Gasteiger partial charge >= 0.3 is 0 Å². The van der Waals surface area contributed by atoms with Gasteiger partial charge in [0.05, 0.1) is 0 Å². The predicted octanol–water partition coefficient (Wildman–Crippen LogP) is 3.08. The van der Waals surface area contributed by atoms with Crippen molar-refractivity contribution in [3.63, 3.8) is 0 Å². The molecule has 2 nitrogen and oxygen atoms in total. The fraction of sp³-hybridized carbons (Fsp3) is 0.625. The number of ketones is 2. The Labute approximate surface area is 108 Å². The van der Waals surface area contributed by atoms with Gasteiger partial charge in [0.15, 0.2) is 0 Å². The summed E-state index contributed by atoms with van der Waals surface area (Å²) in [5.41, 5.74) is 2.55. The minimum absolute atomic E-state index is 0.0188. The Balaban J connectivity index is 1.94. The molecule has 2 heteroatoms. The molecule has 4 unspecified atom stereocenters. The summed E-state index contributed by atoms with van der Waals surface area (Å²) in [7, 11) is 0. The third-order valence-electron chi connectivity index (χ3n) is 4.96. The lowest BCUT2D eigenvalue weighted by molar-refractivity contribution is -0.147. The maximum Gasteiger partial charge on any atom is 0.141 e. The van der Waals surface area contributed by atoms with Gasteiger partial charge in [-0.1, -0.05) is 23.3 Å². The second kappa shape index (κ2) is 4.18. The van der Waals surface area contributed by atoms with E-state index in [4.69, 9.17) is 0 Å². The molecule has 0 aromatic carbocycles. The molecule has 0 aromatic heterocycles. The zero-order valence-corrected chi connectivity index (χ0v) is 11.1. The van der Waals surface area contributed by atoms with Crippen molar-refractivity contribution >= 4 is 11.6 Å². The van der Waals surface area contributed by atoms with Crippen LogP contribution in [0.15, 0.2) is 23.3 Å². The molecule has 3 aliphatic carbocycles. The summed E-state index contributed by atoms with van der Waals surface area (Å²) in [6, 6.07) is 0. The Kier molecular flexibility index (Phi) is 2.76. The van der Waals surface area contributed by atoms with Gasteiger partial charge in [-0.15, -0.1) is 0 Å². The van der Waals surface area contributed by atoms with Gasteiger partial charge in [0, 0.05) is 23.7 Å². The maximum absolute atomic E-state index is 12.6. The molecule has 4 atom stereocenters. The van der Waals surface area contributed by atoms with E-state index in [9.17, 15) is 9.59 Å². The lowest BCUT2D eigenvalue weighted by Crippen LogP contribution is -2.49. The number of carbonyl (C=O) groups is 2. The van der Waals surface area contributed by atoms with E-state index in [1.807, 2.05) is 0 Å². The molecule has 0 aliphatic heterocycles. The highest BCUT2D eigenvalue weighted by atomic mass is 16.1. The number of fused-ring (bicyclic) bond motifs is 2. The van der Waals surface area contributed by atoms with Gasteiger partial charge in [0.25, 0.3) is 0 Å². The van der Waals surface area contributed by atoms with Crippen LogP contribution in [0.1, 0.15) is 39.5 Å². The van der Waals surface area contributed by atoms with E-state index in [-0.39, 0.29) is 23.7 Å². The van der Waals surface area contributed by atoms with Crippen molar-refractivity contribution in [1.29, 1.82) is 0 Å². The minimum atomic E-state index is -0.0192. The molecule has 96 valence electrons. The Morgan fingerprint density at radius 1 is 0.778 bits per heavy atom. The second-order valence-electron chi connectivity index (χ2n) is 6.21. The topological polar surface area (TPSA) is 34.1 Å². The van der Waals surface area contributed by atoms with Crippen LogP contribution in [0.4, 0.5) is 0 Å². The summed E-state index contributed by atoms with van der Waals surface area (Å²) in [4.78, 5) is 25.2. The van der Waals surface area contributed by atoms with Crippen molar-refractivity contribution in [3.05, 3.63) is 23.3 Å². The van der Waals surface area contributed by atoms with Crippen molar-refractivity contribution in [1.82, 2.24) is 0 Å². The third-order valence-corrected chi connectivity index (χ3v) is 4.96. The van der Waals surface area contributed by atoms with E-state index in [0.717, 1.165) is 25.7 Å². The molecule has 3 aliphatic rings. The lowest BCUT2D eigenvalue weighted by atomic mass is 9.59. The number of carbonyl (C=O) groups excluding carboxylic acids is 2. The summed E-state index contributed by atoms with van der Waals surface area (Å²) >= 11 is 0. The molecule has 0 amide bonds. The van der Waals surface area contributed by atoms with Crippen LogP contribution in [0.3, 0.4) is 0 Å². The first-order valence-corrected chi connectivity index (χ1v) is 6.96. The summed E-state index contributed by atoms with van der Waals surface area (Å²) < 4.78 is 0. The van der Waals surface area contributed by atoms with E-state index >= 15 is 0 Å². The van der Waals surface area contributed by atoms with Crippen LogP contribution < -0.4 is 0 Å². The van der Waals surface area contributed by atoms with Crippen LogP contribution in [0, 0.1) is 23.7 Å². The van der Waals surface area contributed by atoms with E-state index < -0.39 is 0 Å². The zero-order chi connectivity index (χ0) is 12.9. The minimum Gasteiger partial charge on any atom is -0.299 e. The Hall–Kier alpha value is -1.18. The Morgan fingerprint density at radius 2 is 1.17 bits per heavy atom. The van der Waals surface area contributed by atoms with Crippen LogP contribution in [-0.4, -0.2) is 11.6 Å². The monoisotopic (exact) mass is 244 g/mol. The van der Waals surface area contributed by atoms with Crippen molar-refractivity contribution in [2.24, 2.45) is 23.7 Å². The first kappa shape index (κ1) is 11.9. The molecule has 0 N–H and O–H groups in total. The molecule has 0 bridgehead atoms. The fourth-order valence-electron chi connectivity index (χ4n) is 3.91. The van der Waals surface area contributed by atoms with Gasteiger partial charge in [-0.05, 0) is 39.5 Å². The number of hydrogen-bond acceptors (Lipinski definition) is 2. The van der Waals surface area contributed by atoms with Crippen LogP contribution in [0.25, 0.3) is 0 Å². The third kappa shape index (κ3) is 1.70. The average Bonchev–Trinajstić information content (AvgIpc) is 2.35. The van der Waals surface area contributed by atoms with Crippen molar-refractivity contribution in [3.8, 4) is 0 Å². The molecular weight excluding hydrogens is 224 g/mol. The number of Topliss-reactive ketones (excluding diaryl/α,β-unsaturated/α-hetero) is 2. The molecule has 3 rings (SSSR count). The molecule has 0 heterocycles. The number of rotatable bonds is 0. The van der Waals surface area contributed by atoms with Crippen LogP contribution in [0.5, 0.6) is 0 Å². The van der Waals surface area contributed by atoms with Gasteiger partial charge in [0.2, 0.25) is 0 Å². The summed E-state index contributed by atoms with van der Waals surface area (Å²) in [6.07, 6.45) is 7.48. The van der Waals surface area contributed by atoms with Crippen LogP contribution >= 0.6 is 0 Å². The van der Waals surface area contributed by atoms with Gasteiger partial charge in [-0.3, -0.25) is 9.59 Å². The Bertz CT molecular complexity index is 429. The Morgan fingerprint density at radius 3 is 1.61 bits per heavy atom. The fourth-order valence-corrected chi connectivity index (χ4v) is 3.91. The number of allylic oxidation sites excluding steroid dienone is 4. The molecule has 18 heavy (non-hydrogen) atoms. The highest BCUT2D eigenvalue weighted by Crippen LogP contribution is 2.45. The molecule has 0 saturated heterocycles. The van der Waals surface area contributed by atoms with Crippen molar-refractivity contribution in [2.75, 3.05) is 0 Å². The van der Waals surface area contributed by atoms with Crippen LogP contribution in [-0.2, 0) is 9.59 Å². The van der Waals surface area contributed by atoms with Crippen molar-refractivity contribution < 1.29 is 9.59 Å². The SMILES string of the molecule is CC1=CCC2C(=O)C3CC=C(C)CC3C(=O)C2C1. The largest absolute Gasteiger partial charge is 0.299 e. The summed E-state index contributed by atoms with van der Waals surface area (Å²) in [5.74, 6) is 0.648. The lowest BCUT2D eigenvalue weighted by Gasteiger charge is -2.42. The number of hydrogen-bond donors (Lipinski definition) is 0. The van der Waals surface area contributed by atoms with Gasteiger partial charge in [0.1, 0.15) is 11.6 Å². The average molecular weight is 244 g/mol. The van der Waals surface area contributed by atoms with E-state index in [1.165, 1.54) is 11.1 Å². The van der Waals surface area contributed by atoms with E-state index in [2.05, 4.69) is 26.0 Å². The predicted molar refractivity (Wildman–Crippen MR) is 70.0 cm³/mol. The van der Waals surface area contributed by atoms with Crippen molar-refractivity contribution in [2.45, 2.75) is 39.5 Å². The molecule has 0 spiro atoms. The molecule has 1 fully saturated rings. The van der Waals surface area contributed by atoms with Crippen LogP contribution in [0.2, 0.25) is 0 Å². The molecule has 0 radical (unpaired) electrons. The summed E-state index contributed by atoms with van der Waals surface area (Å²) in [6.45, 7) is 4.15. The quantitative estimate of drug-likeness (QED) is 0.614. The molecular formula is C16H20O2. The molecule has 0 aromatic rings. The first-order chi connectivity index (χ1) is 8.58. The van der Waals surface area contributed by atoms with E-state index in [0.29, 0.717) is 11.6 Å². The second-order valence-corrected chi connectivity index (χ2v) is 6.21. The standard InChI is InChI=1S/C16H20O2/c1-9-3-5-11-13(7-9)16(18)14-8-10(2)4-6-12(14)15(11)17/h3-4,11-14H,5-8H2,1-2H3. The maximum atomic E-state index is 12.6. The normalized spacial score (nSPS) is 39.7. The van der Waals surface area contributed by atoms with Gasteiger partial charge in [-0.25, -0.2) is 0 Å². The van der Waals surface area contributed by atoms with E-state index in [1.54, 1.807) is 0 Å². The molecule has 1 saturated carbocycles. The van der Waals surface area contributed by atoms with Gasteiger partial charge < -0.3 is 0 Å². The zero-order valence-electron chi connectivity index (χ0n) is 11.1.